The summed E-state index contributed by atoms with van der Waals surface area (Å²) in [7, 11) is 0. The van der Waals surface area contributed by atoms with Crippen molar-refractivity contribution in [2.75, 3.05) is 18.4 Å². The molecule has 4 heteroatoms. The van der Waals surface area contributed by atoms with E-state index in [9.17, 15) is 4.79 Å². The van der Waals surface area contributed by atoms with Crippen LogP contribution in [0.3, 0.4) is 0 Å². The second-order valence-corrected chi connectivity index (χ2v) is 5.86. The average molecular weight is 275 g/mol. The molecule has 0 aromatic carbocycles. The van der Waals surface area contributed by atoms with Crippen LogP contribution in [0.15, 0.2) is 12.1 Å². The SMILES string of the molecule is CCNc1cc(C(=O)NCC2CCC2)cc(C(C)C)n1. The minimum atomic E-state index is 0.0142. The maximum Gasteiger partial charge on any atom is 0.251 e. The Labute approximate surface area is 121 Å². The van der Waals surface area contributed by atoms with E-state index in [-0.39, 0.29) is 5.91 Å². The van der Waals surface area contributed by atoms with E-state index in [2.05, 4.69) is 29.5 Å². The summed E-state index contributed by atoms with van der Waals surface area (Å²) in [5.74, 6) is 1.79. The van der Waals surface area contributed by atoms with Gasteiger partial charge in [-0.05, 0) is 43.7 Å². The first kappa shape index (κ1) is 14.8. The number of hydrogen-bond donors (Lipinski definition) is 2. The van der Waals surface area contributed by atoms with E-state index in [1.54, 1.807) is 0 Å². The van der Waals surface area contributed by atoms with Crippen LogP contribution in [0.2, 0.25) is 0 Å². The van der Waals surface area contributed by atoms with E-state index in [4.69, 9.17) is 0 Å². The first-order valence-corrected chi connectivity index (χ1v) is 7.64. The van der Waals surface area contributed by atoms with E-state index in [0.717, 1.165) is 24.6 Å². The summed E-state index contributed by atoms with van der Waals surface area (Å²) in [6.07, 6.45) is 3.80. The largest absolute Gasteiger partial charge is 0.370 e. The number of nitrogens with one attached hydrogen (secondary N) is 2. The highest BCUT2D eigenvalue weighted by atomic mass is 16.1. The van der Waals surface area contributed by atoms with Crippen LogP contribution >= 0.6 is 0 Å². The molecule has 0 aliphatic heterocycles. The minimum absolute atomic E-state index is 0.0142. The van der Waals surface area contributed by atoms with Crippen molar-refractivity contribution in [3.8, 4) is 0 Å². The van der Waals surface area contributed by atoms with Gasteiger partial charge in [0.1, 0.15) is 5.82 Å². The van der Waals surface area contributed by atoms with Crippen LogP contribution in [0, 0.1) is 5.92 Å². The molecular weight excluding hydrogens is 250 g/mol. The molecule has 1 heterocycles. The standard InChI is InChI=1S/C16H25N3O/c1-4-17-15-9-13(8-14(19-15)11(2)3)16(20)18-10-12-6-5-7-12/h8-9,11-12H,4-7,10H2,1-3H3,(H,17,19)(H,18,20). The number of aromatic nitrogens is 1. The first-order valence-electron chi connectivity index (χ1n) is 7.64. The predicted octanol–water partition coefficient (Wildman–Crippen LogP) is 3.17. The molecule has 0 atom stereocenters. The molecule has 1 aromatic heterocycles. The lowest BCUT2D eigenvalue weighted by molar-refractivity contribution is 0.0939. The Morgan fingerprint density at radius 1 is 1.40 bits per heavy atom. The number of amides is 1. The van der Waals surface area contributed by atoms with Gasteiger partial charge in [-0.1, -0.05) is 20.3 Å². The van der Waals surface area contributed by atoms with Crippen molar-refractivity contribution in [3.63, 3.8) is 0 Å². The summed E-state index contributed by atoms with van der Waals surface area (Å²) >= 11 is 0. The topological polar surface area (TPSA) is 54.0 Å². The fourth-order valence-corrected chi connectivity index (χ4v) is 2.29. The Kier molecular flexibility index (Phi) is 4.99. The summed E-state index contributed by atoms with van der Waals surface area (Å²) in [6.45, 7) is 7.81. The molecule has 1 aromatic rings. The molecule has 0 unspecified atom stereocenters. The van der Waals surface area contributed by atoms with Gasteiger partial charge >= 0.3 is 0 Å². The molecule has 2 rings (SSSR count). The van der Waals surface area contributed by atoms with Crippen LogP contribution in [0.1, 0.15) is 62.0 Å². The zero-order valence-corrected chi connectivity index (χ0v) is 12.7. The summed E-state index contributed by atoms with van der Waals surface area (Å²) < 4.78 is 0. The molecule has 0 spiro atoms. The lowest BCUT2D eigenvalue weighted by Crippen LogP contribution is -2.32. The zero-order valence-electron chi connectivity index (χ0n) is 12.7. The highest BCUT2D eigenvalue weighted by Gasteiger charge is 2.19. The number of carbonyl (C=O) groups is 1. The van der Waals surface area contributed by atoms with Gasteiger partial charge in [0.05, 0.1) is 0 Å². The molecule has 1 fully saturated rings. The van der Waals surface area contributed by atoms with Gasteiger partial charge in [0.2, 0.25) is 0 Å². The Hall–Kier alpha value is -1.58. The molecule has 1 aliphatic rings. The van der Waals surface area contributed by atoms with Gasteiger partial charge in [-0.3, -0.25) is 4.79 Å². The van der Waals surface area contributed by atoms with Gasteiger partial charge in [0.15, 0.2) is 0 Å². The van der Waals surface area contributed by atoms with Gasteiger partial charge in [0, 0.05) is 24.3 Å². The van der Waals surface area contributed by atoms with Crippen molar-refractivity contribution in [2.45, 2.75) is 46.0 Å². The molecule has 0 saturated heterocycles. The molecule has 4 nitrogen and oxygen atoms in total. The molecule has 0 radical (unpaired) electrons. The van der Waals surface area contributed by atoms with Crippen molar-refractivity contribution in [2.24, 2.45) is 5.92 Å². The number of anilines is 1. The third-order valence-corrected chi connectivity index (χ3v) is 3.83. The van der Waals surface area contributed by atoms with Crippen molar-refractivity contribution >= 4 is 11.7 Å². The molecule has 1 saturated carbocycles. The van der Waals surface area contributed by atoms with Crippen LogP contribution in [0.4, 0.5) is 5.82 Å². The van der Waals surface area contributed by atoms with Crippen molar-refractivity contribution in [1.82, 2.24) is 10.3 Å². The Morgan fingerprint density at radius 3 is 2.70 bits per heavy atom. The smallest absolute Gasteiger partial charge is 0.251 e. The van der Waals surface area contributed by atoms with E-state index >= 15 is 0 Å². The maximum absolute atomic E-state index is 12.3. The van der Waals surface area contributed by atoms with Gasteiger partial charge in [-0.2, -0.15) is 0 Å². The summed E-state index contributed by atoms with van der Waals surface area (Å²) in [5, 5.41) is 6.24. The molecule has 2 N–H and O–H groups in total. The number of hydrogen-bond acceptors (Lipinski definition) is 3. The van der Waals surface area contributed by atoms with Gasteiger partial charge in [0.25, 0.3) is 5.91 Å². The number of pyridine rings is 1. The van der Waals surface area contributed by atoms with Crippen LogP contribution in [-0.4, -0.2) is 24.0 Å². The van der Waals surface area contributed by atoms with Gasteiger partial charge < -0.3 is 10.6 Å². The van der Waals surface area contributed by atoms with Crippen molar-refractivity contribution in [1.29, 1.82) is 0 Å². The van der Waals surface area contributed by atoms with E-state index in [1.165, 1.54) is 19.3 Å². The fourth-order valence-electron chi connectivity index (χ4n) is 2.29. The van der Waals surface area contributed by atoms with Crippen LogP contribution < -0.4 is 10.6 Å². The van der Waals surface area contributed by atoms with Gasteiger partial charge in [-0.25, -0.2) is 4.98 Å². The monoisotopic (exact) mass is 275 g/mol. The van der Waals surface area contributed by atoms with Crippen molar-refractivity contribution in [3.05, 3.63) is 23.4 Å². The molecule has 1 amide bonds. The Morgan fingerprint density at radius 2 is 2.15 bits per heavy atom. The third-order valence-electron chi connectivity index (χ3n) is 3.83. The average Bonchev–Trinajstić information content (AvgIpc) is 2.36. The Balaban J connectivity index is 2.09. The molecule has 110 valence electrons. The van der Waals surface area contributed by atoms with E-state index in [1.807, 2.05) is 19.1 Å². The van der Waals surface area contributed by atoms with Crippen LogP contribution in [0.25, 0.3) is 0 Å². The lowest BCUT2D eigenvalue weighted by atomic mass is 9.85. The maximum atomic E-state index is 12.3. The number of carbonyl (C=O) groups excluding carboxylic acids is 1. The lowest BCUT2D eigenvalue weighted by Gasteiger charge is -2.25. The highest BCUT2D eigenvalue weighted by Crippen LogP contribution is 2.25. The first-order chi connectivity index (χ1) is 9.60. The summed E-state index contributed by atoms with van der Waals surface area (Å²) in [4.78, 5) is 16.8. The minimum Gasteiger partial charge on any atom is -0.370 e. The van der Waals surface area contributed by atoms with E-state index < -0.39 is 0 Å². The number of rotatable bonds is 6. The Bertz CT molecular complexity index is 467. The second kappa shape index (κ2) is 6.73. The summed E-state index contributed by atoms with van der Waals surface area (Å²) in [5.41, 5.74) is 1.66. The summed E-state index contributed by atoms with van der Waals surface area (Å²) in [6, 6.07) is 3.74. The van der Waals surface area contributed by atoms with Crippen LogP contribution in [0.5, 0.6) is 0 Å². The zero-order chi connectivity index (χ0) is 14.5. The normalized spacial score (nSPS) is 15.0. The van der Waals surface area contributed by atoms with Gasteiger partial charge in [-0.15, -0.1) is 0 Å². The second-order valence-electron chi connectivity index (χ2n) is 5.86. The molecule has 1 aliphatic carbocycles. The molecule has 20 heavy (non-hydrogen) atoms. The van der Waals surface area contributed by atoms with Crippen LogP contribution in [-0.2, 0) is 0 Å². The highest BCUT2D eigenvalue weighted by molar-refractivity contribution is 5.95. The molecule has 0 bridgehead atoms. The third kappa shape index (κ3) is 3.71. The number of nitrogens with zero attached hydrogens (tertiary/aromatic N) is 1. The quantitative estimate of drug-likeness (QED) is 0.838. The fraction of sp³-hybridized carbons (Fsp3) is 0.625. The molecular formula is C16H25N3O. The van der Waals surface area contributed by atoms with E-state index in [0.29, 0.717) is 17.4 Å². The predicted molar refractivity (Wildman–Crippen MR) is 82.2 cm³/mol. The van der Waals surface area contributed by atoms with Crippen molar-refractivity contribution < 1.29 is 4.79 Å².